The molecule has 0 amide bonds. The van der Waals surface area contributed by atoms with E-state index in [0.29, 0.717) is 5.69 Å². The van der Waals surface area contributed by atoms with E-state index >= 15 is 0 Å². The molecule has 5 nitrogen and oxygen atoms in total. The van der Waals surface area contributed by atoms with E-state index in [1.165, 1.54) is 6.07 Å². The van der Waals surface area contributed by atoms with Crippen LogP contribution in [0, 0.1) is 24.0 Å². The van der Waals surface area contributed by atoms with Gasteiger partial charge in [0.05, 0.1) is 16.7 Å². The number of anilines is 1. The van der Waals surface area contributed by atoms with E-state index in [1.54, 1.807) is 12.3 Å². The van der Waals surface area contributed by atoms with E-state index in [-0.39, 0.29) is 16.7 Å². The average molecular weight is 333 g/mol. The normalized spacial score (nSPS) is 11.8. The molecule has 3 aromatic rings. The molecule has 0 saturated carbocycles. The number of hydrogen-bond donors (Lipinski definition) is 1. The second-order valence-electron chi connectivity index (χ2n) is 5.97. The predicted molar refractivity (Wildman–Crippen MR) is 98.7 cm³/mol. The quantitative estimate of drug-likeness (QED) is 0.537. The van der Waals surface area contributed by atoms with E-state index < -0.39 is 0 Å². The first kappa shape index (κ1) is 16.6. The molecular formula is C20H19N3O2. The van der Waals surface area contributed by atoms with Crippen LogP contribution in [0.4, 0.5) is 11.4 Å². The fraction of sp³-hybridized carbons (Fsp3) is 0.150. The van der Waals surface area contributed by atoms with Crippen LogP contribution in [0.25, 0.3) is 0 Å². The summed E-state index contributed by atoms with van der Waals surface area (Å²) in [6, 6.07) is 18.6. The van der Waals surface area contributed by atoms with Crippen molar-refractivity contribution in [2.75, 3.05) is 5.32 Å². The van der Waals surface area contributed by atoms with Gasteiger partial charge < -0.3 is 5.32 Å². The zero-order valence-corrected chi connectivity index (χ0v) is 14.1. The summed E-state index contributed by atoms with van der Waals surface area (Å²) in [5, 5.41) is 14.8. The highest BCUT2D eigenvalue weighted by atomic mass is 16.6. The van der Waals surface area contributed by atoms with Crippen LogP contribution in [0.1, 0.15) is 28.4 Å². The fourth-order valence-electron chi connectivity index (χ4n) is 2.86. The first-order chi connectivity index (χ1) is 12.1. The molecule has 0 spiro atoms. The van der Waals surface area contributed by atoms with Crippen molar-refractivity contribution in [1.82, 2.24) is 4.98 Å². The summed E-state index contributed by atoms with van der Waals surface area (Å²) >= 11 is 0. The van der Waals surface area contributed by atoms with Crippen molar-refractivity contribution in [1.29, 1.82) is 0 Å². The van der Waals surface area contributed by atoms with Gasteiger partial charge >= 0.3 is 0 Å². The van der Waals surface area contributed by atoms with Crippen LogP contribution in [-0.2, 0) is 0 Å². The lowest BCUT2D eigenvalue weighted by molar-refractivity contribution is -0.384. The third-order valence-corrected chi connectivity index (χ3v) is 4.10. The maximum absolute atomic E-state index is 11.4. The molecule has 0 saturated heterocycles. The zero-order chi connectivity index (χ0) is 17.8. The minimum atomic E-state index is -0.360. The zero-order valence-electron chi connectivity index (χ0n) is 14.1. The number of nitro benzene ring substituents is 1. The summed E-state index contributed by atoms with van der Waals surface area (Å²) in [5.74, 6) is 0. The van der Waals surface area contributed by atoms with Gasteiger partial charge in [-0.15, -0.1) is 0 Å². The Morgan fingerprint density at radius 3 is 2.52 bits per heavy atom. The Kier molecular flexibility index (Phi) is 4.75. The highest BCUT2D eigenvalue weighted by Crippen LogP contribution is 2.33. The fourth-order valence-corrected chi connectivity index (χ4v) is 2.86. The highest BCUT2D eigenvalue weighted by Gasteiger charge is 2.22. The number of aryl methyl sites for hydroxylation is 2. The van der Waals surface area contributed by atoms with Crippen molar-refractivity contribution < 1.29 is 4.92 Å². The van der Waals surface area contributed by atoms with E-state index in [4.69, 9.17) is 0 Å². The minimum Gasteiger partial charge on any atom is -0.367 e. The largest absolute Gasteiger partial charge is 0.367 e. The van der Waals surface area contributed by atoms with Gasteiger partial charge in [-0.2, -0.15) is 0 Å². The molecule has 1 heterocycles. The van der Waals surface area contributed by atoms with Gasteiger partial charge in [-0.25, -0.2) is 0 Å². The van der Waals surface area contributed by atoms with Crippen LogP contribution in [0.15, 0.2) is 66.9 Å². The van der Waals surface area contributed by atoms with Crippen molar-refractivity contribution in [2.24, 2.45) is 0 Å². The minimum absolute atomic E-state index is 0.0635. The summed E-state index contributed by atoms with van der Waals surface area (Å²) in [5.41, 5.74) is 4.35. The van der Waals surface area contributed by atoms with E-state index in [9.17, 15) is 10.1 Å². The predicted octanol–water partition coefficient (Wildman–Crippen LogP) is 4.81. The van der Waals surface area contributed by atoms with Crippen molar-refractivity contribution >= 4 is 11.4 Å². The number of nitrogens with zero attached hydrogens (tertiary/aromatic N) is 2. The first-order valence-electron chi connectivity index (χ1n) is 8.04. The Morgan fingerprint density at radius 2 is 1.84 bits per heavy atom. The average Bonchev–Trinajstić information content (AvgIpc) is 2.61. The van der Waals surface area contributed by atoms with Crippen molar-refractivity contribution in [3.05, 3.63) is 99.4 Å². The van der Waals surface area contributed by atoms with Crippen LogP contribution in [0.5, 0.6) is 0 Å². The number of nitrogens with one attached hydrogen (secondary N) is 1. The number of benzene rings is 2. The monoisotopic (exact) mass is 333 g/mol. The van der Waals surface area contributed by atoms with Crippen LogP contribution >= 0.6 is 0 Å². The molecule has 0 aliphatic rings. The van der Waals surface area contributed by atoms with Gasteiger partial charge in [-0.05, 0) is 37.1 Å². The molecule has 0 bridgehead atoms. The number of nitro groups is 1. The second-order valence-corrected chi connectivity index (χ2v) is 5.97. The summed E-state index contributed by atoms with van der Waals surface area (Å²) in [6.07, 6.45) is 1.73. The Hall–Kier alpha value is -3.21. The van der Waals surface area contributed by atoms with Crippen molar-refractivity contribution in [3.8, 4) is 0 Å². The van der Waals surface area contributed by atoms with Gasteiger partial charge in [0.2, 0.25) is 0 Å². The Balaban J connectivity index is 2.10. The maximum Gasteiger partial charge on any atom is 0.292 e. The van der Waals surface area contributed by atoms with Crippen LogP contribution in [-0.4, -0.2) is 9.91 Å². The molecule has 1 atom stereocenters. The first-order valence-corrected chi connectivity index (χ1v) is 8.04. The van der Waals surface area contributed by atoms with Gasteiger partial charge in [0.25, 0.3) is 5.69 Å². The third-order valence-electron chi connectivity index (χ3n) is 4.10. The Labute approximate surface area is 146 Å². The lowest BCUT2D eigenvalue weighted by atomic mass is 10.00. The highest BCUT2D eigenvalue weighted by molar-refractivity contribution is 5.67. The lowest BCUT2D eigenvalue weighted by Gasteiger charge is -2.21. The molecule has 5 heteroatoms. The molecule has 1 unspecified atom stereocenters. The van der Waals surface area contributed by atoms with E-state index in [2.05, 4.69) is 16.4 Å². The third kappa shape index (κ3) is 3.66. The van der Waals surface area contributed by atoms with Gasteiger partial charge in [0, 0.05) is 12.3 Å². The van der Waals surface area contributed by atoms with Crippen molar-refractivity contribution in [3.63, 3.8) is 0 Å². The summed E-state index contributed by atoms with van der Waals surface area (Å²) < 4.78 is 0. The van der Waals surface area contributed by atoms with Gasteiger partial charge in [0.1, 0.15) is 5.69 Å². The molecule has 0 aliphatic carbocycles. The number of pyridine rings is 1. The van der Waals surface area contributed by atoms with Crippen molar-refractivity contribution in [2.45, 2.75) is 19.9 Å². The number of rotatable bonds is 5. The maximum atomic E-state index is 11.4. The number of hydrogen-bond acceptors (Lipinski definition) is 4. The van der Waals surface area contributed by atoms with Gasteiger partial charge in [-0.3, -0.25) is 15.1 Å². The van der Waals surface area contributed by atoms with E-state index in [1.807, 2.05) is 56.3 Å². The standard InChI is InChI=1S/C20H19N3O2/c1-14-7-5-9-16(13-14)20(17-10-3-4-12-21-17)22-19-15(2)8-6-11-18(19)23(24)25/h3-13,20,22H,1-2H3. The molecule has 25 heavy (non-hydrogen) atoms. The number of aromatic nitrogens is 1. The summed E-state index contributed by atoms with van der Waals surface area (Å²) in [7, 11) is 0. The molecule has 1 N–H and O–H groups in total. The topological polar surface area (TPSA) is 68.1 Å². The summed E-state index contributed by atoms with van der Waals surface area (Å²) in [6.45, 7) is 3.89. The SMILES string of the molecule is Cc1cccc(C(Nc2c(C)cccc2[N+](=O)[O-])c2ccccn2)c1. The number of para-hydroxylation sites is 1. The molecule has 126 valence electrons. The van der Waals surface area contributed by atoms with Crippen LogP contribution in [0.3, 0.4) is 0 Å². The van der Waals surface area contributed by atoms with Crippen LogP contribution in [0.2, 0.25) is 0 Å². The smallest absolute Gasteiger partial charge is 0.292 e. The van der Waals surface area contributed by atoms with Gasteiger partial charge in [0.15, 0.2) is 0 Å². The molecule has 0 radical (unpaired) electrons. The van der Waals surface area contributed by atoms with Gasteiger partial charge in [-0.1, -0.05) is 48.0 Å². The molecule has 0 aliphatic heterocycles. The Morgan fingerprint density at radius 1 is 1.04 bits per heavy atom. The molecular weight excluding hydrogens is 314 g/mol. The van der Waals surface area contributed by atoms with Crippen LogP contribution < -0.4 is 5.32 Å². The molecule has 2 aromatic carbocycles. The molecule has 1 aromatic heterocycles. The Bertz CT molecular complexity index is 894. The lowest BCUT2D eigenvalue weighted by Crippen LogP contribution is -2.15. The second kappa shape index (κ2) is 7.13. The summed E-state index contributed by atoms with van der Waals surface area (Å²) in [4.78, 5) is 15.5. The molecule has 0 fully saturated rings. The van der Waals surface area contributed by atoms with E-state index in [0.717, 1.165) is 22.4 Å². The molecule has 3 rings (SSSR count).